The van der Waals surface area contributed by atoms with Crippen LogP contribution in [0.1, 0.15) is 65.2 Å². The topological polar surface area (TPSA) is 78.1 Å². The molecule has 6 N–H and O–H groups in total. The summed E-state index contributed by atoms with van der Waals surface area (Å²) in [6.45, 7) is 9.48. The molecule has 3 atom stereocenters. The molecule has 3 nitrogen and oxygen atoms in total. The summed E-state index contributed by atoms with van der Waals surface area (Å²) in [6.07, 6.45) is 17.2. The fraction of sp³-hybridized carbons (Fsp3) is 0.800. The zero-order valence-electron chi connectivity index (χ0n) is 16.9. The van der Waals surface area contributed by atoms with Crippen molar-refractivity contribution in [2.24, 2.45) is 23.1 Å². The lowest BCUT2D eigenvalue weighted by Crippen LogP contribution is -2.19. The van der Waals surface area contributed by atoms with E-state index in [9.17, 15) is 0 Å². The van der Waals surface area contributed by atoms with E-state index in [1.54, 1.807) is 6.26 Å². The number of thiol groups is 2. The van der Waals surface area contributed by atoms with E-state index in [2.05, 4.69) is 57.8 Å². The molecule has 0 fully saturated rings. The highest BCUT2D eigenvalue weighted by atomic mass is 32.1. The third-order valence-electron chi connectivity index (χ3n) is 3.83. The van der Waals surface area contributed by atoms with Crippen LogP contribution in [0.2, 0.25) is 0 Å². The van der Waals surface area contributed by atoms with Crippen molar-refractivity contribution in [3.05, 3.63) is 24.8 Å². The first-order chi connectivity index (χ1) is 12.0. The Balaban J connectivity index is -0.000000278. The molecule has 0 saturated heterocycles. The van der Waals surface area contributed by atoms with E-state index in [0.717, 1.165) is 38.8 Å². The quantitative estimate of drug-likeness (QED) is 0.310. The molecule has 0 spiro atoms. The highest BCUT2D eigenvalue weighted by molar-refractivity contribution is 7.80. The zero-order valence-corrected chi connectivity index (χ0v) is 18.7. The molecule has 1 rings (SSSR count). The van der Waals surface area contributed by atoms with Crippen LogP contribution in [-0.4, -0.2) is 30.6 Å². The molecule has 0 amide bonds. The van der Waals surface area contributed by atoms with Gasteiger partial charge in [0.2, 0.25) is 0 Å². The maximum atomic E-state index is 5.58. The van der Waals surface area contributed by atoms with E-state index >= 15 is 0 Å². The van der Waals surface area contributed by atoms with Gasteiger partial charge in [-0.15, -0.1) is 6.58 Å². The summed E-state index contributed by atoms with van der Waals surface area (Å²) < 4.78 is 0. The number of allylic oxidation sites excluding steroid dienone is 2. The lowest BCUT2D eigenvalue weighted by Gasteiger charge is -2.09. The van der Waals surface area contributed by atoms with Gasteiger partial charge in [-0.25, -0.2) is 0 Å². The number of hydrogen-bond acceptors (Lipinski definition) is 5. The Labute approximate surface area is 169 Å². The van der Waals surface area contributed by atoms with E-state index in [0.29, 0.717) is 17.2 Å². The van der Waals surface area contributed by atoms with Crippen molar-refractivity contribution in [2.75, 3.05) is 19.3 Å². The summed E-state index contributed by atoms with van der Waals surface area (Å²) >= 11 is 7.71. The van der Waals surface area contributed by atoms with Gasteiger partial charge in [0.1, 0.15) is 0 Å². The van der Waals surface area contributed by atoms with Crippen LogP contribution in [0.4, 0.5) is 0 Å². The minimum Gasteiger partial charge on any atom is -0.330 e. The van der Waals surface area contributed by atoms with Crippen LogP contribution in [0, 0.1) is 5.92 Å². The van der Waals surface area contributed by atoms with Crippen LogP contribution < -0.4 is 17.2 Å². The van der Waals surface area contributed by atoms with E-state index < -0.39 is 0 Å². The van der Waals surface area contributed by atoms with E-state index in [1.165, 1.54) is 25.7 Å². The van der Waals surface area contributed by atoms with Crippen molar-refractivity contribution >= 4 is 25.3 Å². The Morgan fingerprint density at radius 3 is 2.12 bits per heavy atom. The van der Waals surface area contributed by atoms with Crippen molar-refractivity contribution in [1.29, 1.82) is 0 Å². The Kier molecular flexibility index (Phi) is 31.3. The van der Waals surface area contributed by atoms with E-state index in [-0.39, 0.29) is 0 Å². The monoisotopic (exact) mass is 391 g/mol. The first kappa shape index (κ1) is 29.8. The normalized spacial score (nSPS) is 17.5. The molecule has 0 saturated carbocycles. The first-order valence-corrected chi connectivity index (χ1v) is 11.0. The van der Waals surface area contributed by atoms with Crippen molar-refractivity contribution < 1.29 is 0 Å². The summed E-state index contributed by atoms with van der Waals surface area (Å²) in [5.41, 5.74) is 16.4. The second-order valence-corrected chi connectivity index (χ2v) is 7.08. The number of rotatable bonds is 8. The molecule has 3 unspecified atom stereocenters. The molecular weight excluding hydrogens is 346 g/mol. The second kappa shape index (κ2) is 26.3. The van der Waals surface area contributed by atoms with Crippen LogP contribution >= 0.6 is 25.3 Å². The molecule has 0 heterocycles. The molecule has 5 heteroatoms. The zero-order chi connectivity index (χ0) is 19.9. The molecule has 0 aromatic carbocycles. The first-order valence-electron chi connectivity index (χ1n) is 9.56. The molecule has 152 valence electrons. The third-order valence-corrected chi connectivity index (χ3v) is 4.08. The molecule has 0 aliphatic heterocycles. The Morgan fingerprint density at radius 1 is 1.24 bits per heavy atom. The van der Waals surface area contributed by atoms with Gasteiger partial charge in [0.25, 0.3) is 0 Å². The molecule has 25 heavy (non-hydrogen) atoms. The Hall–Kier alpha value is 0.0600. The van der Waals surface area contributed by atoms with Gasteiger partial charge in [0.05, 0.1) is 0 Å². The maximum absolute atomic E-state index is 5.58. The van der Waals surface area contributed by atoms with Crippen molar-refractivity contribution in [1.82, 2.24) is 0 Å². The smallest absolute Gasteiger partial charge is 0.00763 e. The minimum absolute atomic E-state index is 0.449. The van der Waals surface area contributed by atoms with Crippen molar-refractivity contribution in [3.8, 4) is 0 Å². The number of nitrogens with two attached hydrogens (primary N) is 3. The van der Waals surface area contributed by atoms with Gasteiger partial charge < -0.3 is 17.2 Å². The van der Waals surface area contributed by atoms with Crippen LogP contribution in [-0.2, 0) is 0 Å². The standard InChI is InChI=1S/C7H18N2.C6H11N.C6H12S.CH4S/c1-2-7(6-9)4-3-5-8;7-6-4-2-1-3-5-6;1-3-4-5-6(2)7;1-2/h7H,2-6,8-9H2,1H3;1-2,6H,3-5,7H2;3,6-7H,1,4-5H2,2H3;2H,1H3. The summed E-state index contributed by atoms with van der Waals surface area (Å²) in [5, 5.41) is 0.526. The highest BCUT2D eigenvalue weighted by Gasteiger charge is 2.01. The van der Waals surface area contributed by atoms with Gasteiger partial charge in [-0.3, -0.25) is 0 Å². The fourth-order valence-corrected chi connectivity index (χ4v) is 2.22. The summed E-state index contributed by atoms with van der Waals surface area (Å²) in [4.78, 5) is 0. The highest BCUT2D eigenvalue weighted by Crippen LogP contribution is 2.07. The van der Waals surface area contributed by atoms with Gasteiger partial charge in [0.15, 0.2) is 0 Å². The summed E-state index contributed by atoms with van der Waals surface area (Å²) in [6, 6.07) is 0.449. The largest absolute Gasteiger partial charge is 0.330 e. The van der Waals surface area contributed by atoms with Crippen LogP contribution in [0.15, 0.2) is 24.8 Å². The van der Waals surface area contributed by atoms with Gasteiger partial charge in [-0.05, 0) is 75.5 Å². The minimum atomic E-state index is 0.449. The summed E-state index contributed by atoms with van der Waals surface area (Å²) in [7, 11) is 0. The third kappa shape index (κ3) is 29.1. The average molecular weight is 392 g/mol. The van der Waals surface area contributed by atoms with Crippen molar-refractivity contribution in [3.63, 3.8) is 0 Å². The van der Waals surface area contributed by atoms with Crippen LogP contribution in [0.5, 0.6) is 0 Å². The SMILES string of the molecule is C=CCCC(C)S.CCC(CN)CCCN.CS.NC1CC=CCC1. The molecule has 1 aliphatic carbocycles. The second-order valence-electron chi connectivity index (χ2n) is 6.20. The summed E-state index contributed by atoms with van der Waals surface area (Å²) in [5.74, 6) is 0.702. The van der Waals surface area contributed by atoms with Gasteiger partial charge in [0, 0.05) is 6.04 Å². The van der Waals surface area contributed by atoms with Gasteiger partial charge >= 0.3 is 0 Å². The van der Waals surface area contributed by atoms with Crippen molar-refractivity contribution in [2.45, 2.75) is 76.5 Å². The fourth-order valence-electron chi connectivity index (χ4n) is 2.07. The Bertz CT molecular complexity index is 268. The van der Waals surface area contributed by atoms with E-state index in [4.69, 9.17) is 17.2 Å². The average Bonchev–Trinajstić information content (AvgIpc) is 2.64. The lowest BCUT2D eigenvalue weighted by atomic mass is 10.0. The Morgan fingerprint density at radius 2 is 1.88 bits per heavy atom. The van der Waals surface area contributed by atoms with Crippen LogP contribution in [0.25, 0.3) is 0 Å². The lowest BCUT2D eigenvalue weighted by molar-refractivity contribution is 0.468. The molecule has 0 bridgehead atoms. The number of hydrogen-bond donors (Lipinski definition) is 5. The predicted octanol–water partition coefficient (Wildman–Crippen LogP) is 4.58. The van der Waals surface area contributed by atoms with Crippen LogP contribution in [0.3, 0.4) is 0 Å². The van der Waals surface area contributed by atoms with Gasteiger partial charge in [-0.1, -0.05) is 38.5 Å². The molecular formula is C20H45N3S2. The molecule has 0 aromatic rings. The predicted molar refractivity (Wildman–Crippen MR) is 125 cm³/mol. The molecule has 1 aliphatic rings. The molecule has 0 aromatic heterocycles. The maximum Gasteiger partial charge on any atom is 0.00763 e. The van der Waals surface area contributed by atoms with E-state index in [1.807, 2.05) is 6.08 Å². The molecule has 0 radical (unpaired) electrons. The van der Waals surface area contributed by atoms with Gasteiger partial charge in [-0.2, -0.15) is 25.3 Å².